The van der Waals surface area contributed by atoms with E-state index in [9.17, 15) is 0 Å². The van der Waals surface area contributed by atoms with E-state index in [0.29, 0.717) is 0 Å². The molecule has 0 bridgehead atoms. The number of benzene rings is 2. The normalized spacial score (nSPS) is 19.9. The van der Waals surface area contributed by atoms with Gasteiger partial charge in [-0.3, -0.25) is 0 Å². The fourth-order valence-corrected chi connectivity index (χ4v) is 4.36. The minimum Gasteiger partial charge on any atom is -0.377 e. The topological polar surface area (TPSA) is 9.23 Å². The first-order chi connectivity index (χ1) is 13.3. The number of hydrogen-bond donors (Lipinski definition) is 0. The van der Waals surface area contributed by atoms with Crippen molar-refractivity contribution < 1.29 is 4.74 Å². The van der Waals surface area contributed by atoms with Crippen molar-refractivity contribution in [3.05, 3.63) is 71.3 Å². The Hall–Kier alpha value is -1.60. The molecule has 0 amide bonds. The number of aryl methyl sites for hydroxylation is 2. The Bertz CT molecular complexity index is 623. The molecular formula is C26H36O. The maximum atomic E-state index is 5.88. The van der Waals surface area contributed by atoms with Crippen LogP contribution in [0.3, 0.4) is 0 Å². The summed E-state index contributed by atoms with van der Waals surface area (Å²) in [5.41, 5.74) is 4.28. The molecule has 0 spiro atoms. The molecule has 27 heavy (non-hydrogen) atoms. The van der Waals surface area contributed by atoms with Crippen LogP contribution < -0.4 is 0 Å². The van der Waals surface area contributed by atoms with Crippen LogP contribution in [-0.2, 0) is 24.2 Å². The summed E-state index contributed by atoms with van der Waals surface area (Å²) < 4.78 is 5.88. The van der Waals surface area contributed by atoms with Gasteiger partial charge in [-0.25, -0.2) is 0 Å². The van der Waals surface area contributed by atoms with Crippen molar-refractivity contribution in [3.8, 4) is 0 Å². The van der Waals surface area contributed by atoms with Crippen LogP contribution in [0.4, 0.5) is 0 Å². The molecule has 2 aromatic rings. The maximum Gasteiger partial charge on any atom is 0.0716 e. The highest BCUT2D eigenvalue weighted by molar-refractivity contribution is 5.22. The molecule has 0 N–H and O–H groups in total. The van der Waals surface area contributed by atoms with E-state index in [2.05, 4.69) is 61.5 Å². The van der Waals surface area contributed by atoms with Crippen molar-refractivity contribution in [2.75, 3.05) is 6.61 Å². The second-order valence-corrected chi connectivity index (χ2v) is 8.32. The molecular weight excluding hydrogens is 328 g/mol. The van der Waals surface area contributed by atoms with Crippen molar-refractivity contribution >= 4 is 0 Å². The van der Waals surface area contributed by atoms with Gasteiger partial charge in [-0.1, -0.05) is 93.6 Å². The molecule has 1 fully saturated rings. The summed E-state index contributed by atoms with van der Waals surface area (Å²) in [7, 11) is 0. The minimum absolute atomic E-state index is 0.757. The minimum atomic E-state index is 0.757. The molecule has 0 aliphatic heterocycles. The third-order valence-electron chi connectivity index (χ3n) is 6.15. The van der Waals surface area contributed by atoms with E-state index in [0.717, 1.165) is 25.0 Å². The second-order valence-electron chi connectivity index (χ2n) is 8.32. The molecule has 1 heteroatoms. The van der Waals surface area contributed by atoms with Crippen molar-refractivity contribution in [1.29, 1.82) is 0 Å². The third-order valence-corrected chi connectivity index (χ3v) is 6.15. The summed E-state index contributed by atoms with van der Waals surface area (Å²) >= 11 is 0. The molecule has 1 aliphatic carbocycles. The van der Waals surface area contributed by atoms with Gasteiger partial charge in [-0.2, -0.15) is 0 Å². The zero-order valence-corrected chi connectivity index (χ0v) is 17.0. The highest BCUT2D eigenvalue weighted by atomic mass is 16.5. The molecule has 1 saturated carbocycles. The van der Waals surface area contributed by atoms with Crippen molar-refractivity contribution in [2.45, 2.75) is 71.3 Å². The lowest BCUT2D eigenvalue weighted by Crippen LogP contribution is -2.16. The largest absolute Gasteiger partial charge is 0.377 e. The van der Waals surface area contributed by atoms with Crippen molar-refractivity contribution in [3.63, 3.8) is 0 Å². The van der Waals surface area contributed by atoms with Crippen LogP contribution in [0.2, 0.25) is 0 Å². The lowest BCUT2D eigenvalue weighted by Gasteiger charge is -2.28. The van der Waals surface area contributed by atoms with Gasteiger partial charge in [0, 0.05) is 6.61 Å². The van der Waals surface area contributed by atoms with E-state index in [1.54, 1.807) is 0 Å². The first-order valence-electron chi connectivity index (χ1n) is 11.0. The molecule has 0 saturated heterocycles. The number of hydrogen-bond acceptors (Lipinski definition) is 1. The van der Waals surface area contributed by atoms with Gasteiger partial charge in [-0.15, -0.1) is 0 Å². The quantitative estimate of drug-likeness (QED) is 0.413. The SMILES string of the molecule is CCCc1ccc(CCC2CCC(CCOCc3ccccc3)CC2)cc1. The standard InChI is InChI=1S/C26H36O/c1-2-6-22-9-11-23(12-10-22)13-14-24-15-17-25(18-16-24)19-20-27-21-26-7-4-3-5-8-26/h3-5,7-12,24-25H,2,6,13-21H2,1H3. The van der Waals surface area contributed by atoms with Crippen LogP contribution in [0.25, 0.3) is 0 Å². The molecule has 1 nitrogen and oxygen atoms in total. The van der Waals surface area contributed by atoms with E-state index in [1.807, 2.05) is 0 Å². The Morgan fingerprint density at radius 1 is 0.704 bits per heavy atom. The van der Waals surface area contributed by atoms with Gasteiger partial charge in [0.05, 0.1) is 6.61 Å². The van der Waals surface area contributed by atoms with E-state index in [4.69, 9.17) is 4.74 Å². The fourth-order valence-electron chi connectivity index (χ4n) is 4.36. The van der Waals surface area contributed by atoms with Gasteiger partial charge in [0.25, 0.3) is 0 Å². The molecule has 0 radical (unpaired) electrons. The van der Waals surface area contributed by atoms with Gasteiger partial charge < -0.3 is 4.74 Å². The highest BCUT2D eigenvalue weighted by Gasteiger charge is 2.20. The Balaban J connectivity index is 1.27. The maximum absolute atomic E-state index is 5.88. The average Bonchev–Trinajstić information content (AvgIpc) is 2.73. The fraction of sp³-hybridized carbons (Fsp3) is 0.538. The van der Waals surface area contributed by atoms with Gasteiger partial charge in [-0.05, 0) is 54.2 Å². The summed E-state index contributed by atoms with van der Waals surface area (Å²) in [5, 5.41) is 0. The average molecular weight is 365 g/mol. The Morgan fingerprint density at radius 3 is 1.93 bits per heavy atom. The summed E-state index contributed by atoms with van der Waals surface area (Å²) in [6, 6.07) is 19.9. The number of rotatable bonds is 10. The lowest BCUT2D eigenvalue weighted by atomic mass is 9.78. The first-order valence-corrected chi connectivity index (χ1v) is 11.0. The Kier molecular flexibility index (Phi) is 8.42. The molecule has 1 aliphatic rings. The Morgan fingerprint density at radius 2 is 1.30 bits per heavy atom. The van der Waals surface area contributed by atoms with Crippen LogP contribution in [0.1, 0.15) is 68.6 Å². The van der Waals surface area contributed by atoms with Crippen LogP contribution in [0.15, 0.2) is 54.6 Å². The van der Waals surface area contributed by atoms with Crippen LogP contribution >= 0.6 is 0 Å². The van der Waals surface area contributed by atoms with Gasteiger partial charge in [0.2, 0.25) is 0 Å². The molecule has 0 unspecified atom stereocenters. The molecule has 0 heterocycles. The predicted octanol–water partition coefficient (Wildman–Crippen LogP) is 6.99. The van der Waals surface area contributed by atoms with Crippen molar-refractivity contribution in [1.82, 2.24) is 0 Å². The monoisotopic (exact) mass is 364 g/mol. The van der Waals surface area contributed by atoms with E-state index in [-0.39, 0.29) is 0 Å². The predicted molar refractivity (Wildman–Crippen MR) is 115 cm³/mol. The Labute approximate surface area is 166 Å². The highest BCUT2D eigenvalue weighted by Crippen LogP contribution is 2.33. The van der Waals surface area contributed by atoms with Gasteiger partial charge in [0.15, 0.2) is 0 Å². The summed E-state index contributed by atoms with van der Waals surface area (Å²) in [4.78, 5) is 0. The van der Waals surface area contributed by atoms with Gasteiger partial charge in [0.1, 0.15) is 0 Å². The summed E-state index contributed by atoms with van der Waals surface area (Å²) in [6.07, 6.45) is 11.9. The smallest absolute Gasteiger partial charge is 0.0716 e. The number of ether oxygens (including phenoxy) is 1. The van der Waals surface area contributed by atoms with E-state index in [1.165, 1.54) is 74.5 Å². The molecule has 0 aromatic heterocycles. The molecule has 3 rings (SSSR count). The molecule has 146 valence electrons. The third kappa shape index (κ3) is 7.14. The van der Waals surface area contributed by atoms with Crippen molar-refractivity contribution in [2.24, 2.45) is 11.8 Å². The first kappa shape index (κ1) is 20.1. The zero-order valence-electron chi connectivity index (χ0n) is 17.0. The van der Waals surface area contributed by atoms with Crippen LogP contribution in [0, 0.1) is 11.8 Å². The van der Waals surface area contributed by atoms with Crippen LogP contribution in [-0.4, -0.2) is 6.61 Å². The molecule has 0 atom stereocenters. The van der Waals surface area contributed by atoms with E-state index < -0.39 is 0 Å². The lowest BCUT2D eigenvalue weighted by molar-refractivity contribution is 0.0976. The zero-order chi connectivity index (χ0) is 18.7. The second kappa shape index (κ2) is 11.3. The van der Waals surface area contributed by atoms with Crippen LogP contribution in [0.5, 0.6) is 0 Å². The van der Waals surface area contributed by atoms with E-state index >= 15 is 0 Å². The van der Waals surface area contributed by atoms with Gasteiger partial charge >= 0.3 is 0 Å². The summed E-state index contributed by atoms with van der Waals surface area (Å²) in [6.45, 7) is 3.92. The summed E-state index contributed by atoms with van der Waals surface area (Å²) in [5.74, 6) is 1.81. The molecule has 2 aromatic carbocycles.